The van der Waals surface area contributed by atoms with Crippen molar-refractivity contribution in [1.29, 1.82) is 0 Å². The van der Waals surface area contributed by atoms with Gasteiger partial charge in [-0.3, -0.25) is 4.79 Å². The summed E-state index contributed by atoms with van der Waals surface area (Å²) < 4.78 is 9.69. The van der Waals surface area contributed by atoms with Crippen LogP contribution in [0.1, 0.15) is 40.0 Å². The smallest absolute Gasteiger partial charge is 0.407 e. The van der Waals surface area contributed by atoms with Gasteiger partial charge in [0.15, 0.2) is 0 Å². The van der Waals surface area contributed by atoms with Gasteiger partial charge in [-0.25, -0.2) is 9.59 Å². The fourth-order valence-corrected chi connectivity index (χ4v) is 3.65. The summed E-state index contributed by atoms with van der Waals surface area (Å²) >= 11 is 0. The van der Waals surface area contributed by atoms with Gasteiger partial charge in [0.05, 0.1) is 0 Å². The summed E-state index contributed by atoms with van der Waals surface area (Å²) in [7, 11) is 0. The zero-order chi connectivity index (χ0) is 18.2. The lowest BCUT2D eigenvalue weighted by Crippen LogP contribution is -2.49. The molecule has 0 aliphatic heterocycles. The number of ether oxygens (including phenoxy) is 2. The van der Waals surface area contributed by atoms with E-state index >= 15 is 0 Å². The zero-order valence-electron chi connectivity index (χ0n) is 14.7. The van der Waals surface area contributed by atoms with Crippen LogP contribution in [0.2, 0.25) is 0 Å². The first kappa shape index (κ1) is 20.0. The monoisotopic (exact) mass is 340 g/mol. The van der Waals surface area contributed by atoms with Crippen LogP contribution in [0, 0.1) is 10.8 Å². The van der Waals surface area contributed by atoms with Crippen molar-refractivity contribution in [2.24, 2.45) is 10.8 Å². The van der Waals surface area contributed by atoms with E-state index in [0.29, 0.717) is 6.54 Å². The van der Waals surface area contributed by atoms with Gasteiger partial charge in [0.25, 0.3) is 0 Å². The molecule has 2 atom stereocenters. The summed E-state index contributed by atoms with van der Waals surface area (Å²) in [6.45, 7) is 10.1. The van der Waals surface area contributed by atoms with Gasteiger partial charge in [-0.1, -0.05) is 27.4 Å². The summed E-state index contributed by atoms with van der Waals surface area (Å²) in [6.07, 6.45) is 3.89. The molecule has 7 nitrogen and oxygen atoms in total. The van der Waals surface area contributed by atoms with E-state index in [9.17, 15) is 14.4 Å². The van der Waals surface area contributed by atoms with Gasteiger partial charge in [0.1, 0.15) is 13.2 Å². The van der Waals surface area contributed by atoms with Crippen LogP contribution in [-0.2, 0) is 19.1 Å². The topological polar surface area (TPSA) is 93.7 Å². The first-order valence-corrected chi connectivity index (χ1v) is 8.09. The molecule has 0 spiro atoms. The molecule has 0 saturated heterocycles. The predicted octanol–water partition coefficient (Wildman–Crippen LogP) is 1.77. The lowest BCUT2D eigenvalue weighted by Gasteiger charge is -2.46. The molecule has 1 aliphatic carbocycles. The molecule has 0 aromatic carbocycles. The Morgan fingerprint density at radius 1 is 1.21 bits per heavy atom. The highest BCUT2D eigenvalue weighted by Gasteiger charge is 2.41. The minimum Gasteiger partial charge on any atom is -0.459 e. The predicted molar refractivity (Wildman–Crippen MR) is 89.2 cm³/mol. The fraction of sp³-hybridized carbons (Fsp3) is 0.706. The quantitative estimate of drug-likeness (QED) is 0.304. The van der Waals surface area contributed by atoms with E-state index in [2.05, 4.69) is 38.0 Å². The molecule has 0 heterocycles. The summed E-state index contributed by atoms with van der Waals surface area (Å²) in [5, 5.41) is 5.62. The maximum atomic E-state index is 11.7. The number of carbonyl (C=O) groups excluding carboxylic acids is 3. The van der Waals surface area contributed by atoms with Gasteiger partial charge in [0, 0.05) is 18.7 Å². The normalized spacial score (nSPS) is 25.2. The number of amides is 2. The molecule has 1 saturated carbocycles. The molecule has 2 amide bonds. The van der Waals surface area contributed by atoms with Gasteiger partial charge in [0.2, 0.25) is 6.41 Å². The molecule has 1 aliphatic rings. The Morgan fingerprint density at radius 3 is 2.50 bits per heavy atom. The van der Waals surface area contributed by atoms with Crippen molar-refractivity contribution in [2.75, 3.05) is 19.8 Å². The second-order valence-electron chi connectivity index (χ2n) is 7.40. The van der Waals surface area contributed by atoms with Crippen LogP contribution >= 0.6 is 0 Å². The number of nitrogens with one attached hydrogen (secondary N) is 2. The fourth-order valence-electron chi connectivity index (χ4n) is 3.65. The van der Waals surface area contributed by atoms with E-state index in [1.54, 1.807) is 0 Å². The molecule has 0 aromatic heterocycles. The lowest BCUT2D eigenvalue weighted by atomic mass is 9.62. The molecule has 2 N–H and O–H groups in total. The largest absolute Gasteiger partial charge is 0.459 e. The summed E-state index contributed by atoms with van der Waals surface area (Å²) in [4.78, 5) is 33.3. The SMILES string of the molecule is C=CC(=O)OCCOC(=O)NCC1(C)CC(NC=O)CC(C)(C)C1. The Balaban J connectivity index is 2.40. The molecule has 7 heteroatoms. The first-order chi connectivity index (χ1) is 11.2. The van der Waals surface area contributed by atoms with Gasteiger partial charge in [-0.2, -0.15) is 0 Å². The van der Waals surface area contributed by atoms with Crippen molar-refractivity contribution in [3.63, 3.8) is 0 Å². The minimum atomic E-state index is -0.551. The highest BCUT2D eigenvalue weighted by atomic mass is 16.6. The number of hydrogen-bond acceptors (Lipinski definition) is 5. The van der Waals surface area contributed by atoms with Crippen LogP contribution in [0.25, 0.3) is 0 Å². The lowest BCUT2D eigenvalue weighted by molar-refractivity contribution is -0.138. The van der Waals surface area contributed by atoms with Gasteiger partial charge in [-0.05, 0) is 30.1 Å². The highest BCUT2D eigenvalue weighted by molar-refractivity contribution is 5.81. The third-order valence-electron chi connectivity index (χ3n) is 4.13. The Morgan fingerprint density at radius 2 is 1.88 bits per heavy atom. The minimum absolute atomic E-state index is 0.00605. The number of hydrogen-bond donors (Lipinski definition) is 2. The van der Waals surface area contributed by atoms with Crippen molar-refractivity contribution in [1.82, 2.24) is 10.6 Å². The van der Waals surface area contributed by atoms with E-state index in [1.807, 2.05) is 0 Å². The van der Waals surface area contributed by atoms with E-state index in [1.165, 1.54) is 0 Å². The molecule has 0 radical (unpaired) electrons. The molecule has 0 aromatic rings. The molecule has 0 bridgehead atoms. The van der Waals surface area contributed by atoms with Gasteiger partial charge in [-0.15, -0.1) is 0 Å². The number of alkyl carbamates (subject to hydrolysis) is 1. The average molecular weight is 340 g/mol. The number of carbonyl (C=O) groups is 3. The van der Waals surface area contributed by atoms with Crippen LogP contribution in [0.5, 0.6) is 0 Å². The van der Waals surface area contributed by atoms with Crippen LogP contribution in [0.15, 0.2) is 12.7 Å². The van der Waals surface area contributed by atoms with Crippen LogP contribution < -0.4 is 10.6 Å². The van der Waals surface area contributed by atoms with Gasteiger partial charge >= 0.3 is 12.1 Å². The van der Waals surface area contributed by atoms with Crippen molar-refractivity contribution >= 4 is 18.5 Å². The molecule has 1 rings (SSSR count). The average Bonchev–Trinajstić information content (AvgIpc) is 2.47. The first-order valence-electron chi connectivity index (χ1n) is 8.09. The van der Waals surface area contributed by atoms with Gasteiger partial charge < -0.3 is 20.1 Å². The molecule has 2 unspecified atom stereocenters. The van der Waals surface area contributed by atoms with Crippen molar-refractivity contribution in [3.05, 3.63) is 12.7 Å². The molecule has 136 valence electrons. The molecular weight excluding hydrogens is 312 g/mol. The molecule has 24 heavy (non-hydrogen) atoms. The number of esters is 1. The van der Waals surface area contributed by atoms with E-state index in [0.717, 1.165) is 31.7 Å². The standard InChI is InChI=1S/C17H28N2O5/c1-5-14(21)23-6-7-24-15(22)18-11-17(4)9-13(19-12-20)8-16(2,3)10-17/h5,12-13H,1,6-11H2,2-4H3,(H,18,22)(H,19,20). The summed E-state index contributed by atoms with van der Waals surface area (Å²) in [5.74, 6) is -0.551. The maximum absolute atomic E-state index is 11.7. The third-order valence-corrected chi connectivity index (χ3v) is 4.13. The van der Waals surface area contributed by atoms with E-state index in [-0.39, 0.29) is 30.1 Å². The van der Waals surface area contributed by atoms with Crippen molar-refractivity contribution in [2.45, 2.75) is 46.1 Å². The van der Waals surface area contributed by atoms with Crippen LogP contribution in [-0.4, -0.2) is 44.3 Å². The Hall–Kier alpha value is -2.05. The highest BCUT2D eigenvalue weighted by Crippen LogP contribution is 2.45. The Labute approximate surface area is 143 Å². The molecule has 1 fully saturated rings. The Kier molecular flexibility index (Phi) is 7.25. The van der Waals surface area contributed by atoms with Crippen LogP contribution in [0.3, 0.4) is 0 Å². The van der Waals surface area contributed by atoms with E-state index < -0.39 is 12.1 Å². The second-order valence-corrected chi connectivity index (χ2v) is 7.40. The maximum Gasteiger partial charge on any atom is 0.407 e. The van der Waals surface area contributed by atoms with Crippen molar-refractivity contribution in [3.8, 4) is 0 Å². The Bertz CT molecular complexity index is 478. The number of rotatable bonds is 8. The second kappa shape index (κ2) is 8.70. The zero-order valence-corrected chi connectivity index (χ0v) is 14.7. The molecular formula is C17H28N2O5. The summed E-state index contributed by atoms with van der Waals surface area (Å²) in [6, 6.07) is 0.104. The summed E-state index contributed by atoms with van der Waals surface area (Å²) in [5.41, 5.74) is -0.0467. The van der Waals surface area contributed by atoms with E-state index in [4.69, 9.17) is 9.47 Å². The van der Waals surface area contributed by atoms with Crippen molar-refractivity contribution < 1.29 is 23.9 Å². The van der Waals surface area contributed by atoms with Crippen LogP contribution in [0.4, 0.5) is 4.79 Å². The third kappa shape index (κ3) is 7.02.